The molecule has 2 rings (SSSR count). The van der Waals surface area contributed by atoms with Gasteiger partial charge in [0.25, 0.3) is 5.91 Å². The first-order chi connectivity index (χ1) is 10.0. The molecule has 0 aliphatic heterocycles. The Labute approximate surface area is 130 Å². The van der Waals surface area contributed by atoms with E-state index in [0.717, 1.165) is 0 Å². The van der Waals surface area contributed by atoms with Gasteiger partial charge in [-0.2, -0.15) is 0 Å². The van der Waals surface area contributed by atoms with Crippen molar-refractivity contribution in [1.29, 1.82) is 0 Å². The van der Waals surface area contributed by atoms with Crippen molar-refractivity contribution >= 4 is 33.5 Å². The Kier molecular flexibility index (Phi) is 4.70. The van der Waals surface area contributed by atoms with E-state index in [-0.39, 0.29) is 5.91 Å². The molecule has 0 atom stereocenters. The molecule has 1 aromatic carbocycles. The van der Waals surface area contributed by atoms with Crippen molar-refractivity contribution in [3.63, 3.8) is 0 Å². The molecule has 0 spiro atoms. The van der Waals surface area contributed by atoms with Gasteiger partial charge in [-0.15, -0.1) is 0 Å². The number of nitrogens with zero attached hydrogens (tertiary/aromatic N) is 1. The number of hydrogen-bond donors (Lipinski definition) is 1. The molecule has 5 nitrogen and oxygen atoms in total. The Bertz CT molecular complexity index is 701. The molecule has 0 saturated heterocycles. The largest absolute Gasteiger partial charge is 0.465 e. The number of hydrogen-bond acceptors (Lipinski definition) is 4. The lowest BCUT2D eigenvalue weighted by atomic mass is 10.1. The summed E-state index contributed by atoms with van der Waals surface area (Å²) in [6, 6.07) is 8.32. The van der Waals surface area contributed by atoms with Crippen molar-refractivity contribution in [2.75, 3.05) is 12.4 Å². The molecule has 1 aromatic heterocycles. The van der Waals surface area contributed by atoms with E-state index < -0.39 is 5.97 Å². The maximum atomic E-state index is 12.2. The Hall–Kier alpha value is -2.21. The second kappa shape index (κ2) is 6.49. The molecule has 0 aliphatic rings. The molecule has 0 fully saturated rings. The highest BCUT2D eigenvalue weighted by atomic mass is 79.9. The summed E-state index contributed by atoms with van der Waals surface area (Å²) in [5.41, 5.74) is 1.98. The number of anilines is 1. The number of amides is 1. The standard InChI is InChI=1S/C15H13BrN2O3/c1-9-11(4-3-7-17-9)14(19)18-10-5-6-13(16)12(8-10)15(20)21-2/h3-8H,1-2H3,(H,18,19). The van der Waals surface area contributed by atoms with Crippen molar-refractivity contribution in [3.8, 4) is 0 Å². The third kappa shape index (κ3) is 3.46. The molecule has 0 aliphatic carbocycles. The van der Waals surface area contributed by atoms with E-state index in [1.54, 1.807) is 43.5 Å². The van der Waals surface area contributed by atoms with Gasteiger partial charge >= 0.3 is 5.97 Å². The maximum Gasteiger partial charge on any atom is 0.339 e. The number of carbonyl (C=O) groups excluding carboxylic acids is 2. The molecule has 2 aromatic rings. The van der Waals surface area contributed by atoms with Crippen LogP contribution in [0.2, 0.25) is 0 Å². The zero-order chi connectivity index (χ0) is 15.4. The number of benzene rings is 1. The van der Waals surface area contributed by atoms with Gasteiger partial charge < -0.3 is 10.1 Å². The third-order valence-corrected chi connectivity index (χ3v) is 3.57. The highest BCUT2D eigenvalue weighted by molar-refractivity contribution is 9.10. The van der Waals surface area contributed by atoms with Crippen molar-refractivity contribution in [3.05, 3.63) is 57.8 Å². The summed E-state index contributed by atoms with van der Waals surface area (Å²) in [5.74, 6) is -0.755. The second-order valence-corrected chi connectivity index (χ2v) is 5.13. The summed E-state index contributed by atoms with van der Waals surface area (Å²) < 4.78 is 5.29. The molecule has 0 bridgehead atoms. The number of rotatable bonds is 3. The summed E-state index contributed by atoms with van der Waals surface area (Å²) in [6.07, 6.45) is 1.63. The fourth-order valence-corrected chi connectivity index (χ4v) is 2.20. The van der Waals surface area contributed by atoms with E-state index >= 15 is 0 Å². The van der Waals surface area contributed by atoms with Crippen LogP contribution in [-0.2, 0) is 4.74 Å². The van der Waals surface area contributed by atoms with Crippen LogP contribution in [0.3, 0.4) is 0 Å². The SMILES string of the molecule is COC(=O)c1cc(NC(=O)c2cccnc2C)ccc1Br. The van der Waals surface area contributed by atoms with Gasteiger partial charge in [-0.25, -0.2) is 4.79 Å². The van der Waals surface area contributed by atoms with Gasteiger partial charge in [-0.1, -0.05) is 0 Å². The molecular weight excluding hydrogens is 336 g/mol. The molecule has 0 saturated carbocycles. The lowest BCUT2D eigenvalue weighted by Crippen LogP contribution is -2.14. The van der Waals surface area contributed by atoms with Gasteiger partial charge in [0.2, 0.25) is 0 Å². The summed E-state index contributed by atoms with van der Waals surface area (Å²) in [5, 5.41) is 2.74. The average molecular weight is 349 g/mol. The zero-order valence-corrected chi connectivity index (χ0v) is 13.1. The summed E-state index contributed by atoms with van der Waals surface area (Å²) in [7, 11) is 1.30. The summed E-state index contributed by atoms with van der Waals surface area (Å²) in [6.45, 7) is 1.76. The normalized spacial score (nSPS) is 10.0. The van der Waals surface area contributed by atoms with E-state index in [0.29, 0.717) is 27.0 Å². The lowest BCUT2D eigenvalue weighted by Gasteiger charge is -2.09. The van der Waals surface area contributed by atoms with Crippen LogP contribution in [0.5, 0.6) is 0 Å². The van der Waals surface area contributed by atoms with Crippen LogP contribution in [0.4, 0.5) is 5.69 Å². The van der Waals surface area contributed by atoms with Crippen LogP contribution < -0.4 is 5.32 Å². The number of methoxy groups -OCH3 is 1. The number of esters is 1. The topological polar surface area (TPSA) is 68.3 Å². The smallest absolute Gasteiger partial charge is 0.339 e. The van der Waals surface area contributed by atoms with Gasteiger partial charge in [0, 0.05) is 22.1 Å². The first kappa shape index (κ1) is 15.2. The monoisotopic (exact) mass is 348 g/mol. The highest BCUT2D eigenvalue weighted by Gasteiger charge is 2.14. The van der Waals surface area contributed by atoms with E-state index in [1.165, 1.54) is 7.11 Å². The van der Waals surface area contributed by atoms with Gasteiger partial charge in [-0.05, 0) is 53.2 Å². The van der Waals surface area contributed by atoms with Crippen LogP contribution in [0, 0.1) is 6.92 Å². The molecule has 1 amide bonds. The first-order valence-electron chi connectivity index (χ1n) is 6.13. The molecule has 0 unspecified atom stereocenters. The van der Waals surface area contributed by atoms with Crippen molar-refractivity contribution in [2.45, 2.75) is 6.92 Å². The Morgan fingerprint density at radius 2 is 2.00 bits per heavy atom. The van der Waals surface area contributed by atoms with Gasteiger partial charge in [-0.3, -0.25) is 9.78 Å². The Morgan fingerprint density at radius 3 is 2.67 bits per heavy atom. The summed E-state index contributed by atoms with van der Waals surface area (Å²) in [4.78, 5) is 27.9. The Morgan fingerprint density at radius 1 is 1.24 bits per heavy atom. The van der Waals surface area contributed by atoms with Crippen LogP contribution in [0.25, 0.3) is 0 Å². The number of aryl methyl sites for hydroxylation is 1. The van der Waals surface area contributed by atoms with Crippen LogP contribution in [0.1, 0.15) is 26.4 Å². The number of nitrogens with one attached hydrogen (secondary N) is 1. The van der Waals surface area contributed by atoms with Crippen molar-refractivity contribution < 1.29 is 14.3 Å². The van der Waals surface area contributed by atoms with E-state index in [9.17, 15) is 9.59 Å². The number of ether oxygens (including phenoxy) is 1. The molecule has 1 heterocycles. The predicted molar refractivity (Wildman–Crippen MR) is 82.4 cm³/mol. The van der Waals surface area contributed by atoms with Crippen LogP contribution >= 0.6 is 15.9 Å². The summed E-state index contributed by atoms with van der Waals surface area (Å²) >= 11 is 3.27. The molecule has 1 N–H and O–H groups in total. The van der Waals surface area contributed by atoms with E-state index in [4.69, 9.17) is 0 Å². The highest BCUT2D eigenvalue weighted by Crippen LogP contribution is 2.22. The van der Waals surface area contributed by atoms with Gasteiger partial charge in [0.15, 0.2) is 0 Å². The molecule has 0 radical (unpaired) electrons. The zero-order valence-electron chi connectivity index (χ0n) is 11.5. The van der Waals surface area contributed by atoms with Crippen molar-refractivity contribution in [1.82, 2.24) is 4.98 Å². The number of halogens is 1. The van der Waals surface area contributed by atoms with Crippen LogP contribution in [0.15, 0.2) is 41.0 Å². The van der Waals surface area contributed by atoms with E-state index in [2.05, 4.69) is 31.0 Å². The molecular formula is C15H13BrN2O3. The quantitative estimate of drug-likeness (QED) is 0.865. The minimum atomic E-state index is -0.476. The van der Waals surface area contributed by atoms with Crippen molar-refractivity contribution in [2.24, 2.45) is 0 Å². The Balaban J connectivity index is 2.26. The van der Waals surface area contributed by atoms with Gasteiger partial charge in [0.05, 0.1) is 18.2 Å². The minimum absolute atomic E-state index is 0.279. The maximum absolute atomic E-state index is 12.2. The average Bonchev–Trinajstić information content (AvgIpc) is 2.48. The fourth-order valence-electron chi connectivity index (χ4n) is 1.79. The fraction of sp³-hybridized carbons (Fsp3) is 0.133. The number of pyridine rings is 1. The molecule has 21 heavy (non-hydrogen) atoms. The van der Waals surface area contributed by atoms with Gasteiger partial charge in [0.1, 0.15) is 0 Å². The molecule has 6 heteroatoms. The first-order valence-corrected chi connectivity index (χ1v) is 6.93. The second-order valence-electron chi connectivity index (χ2n) is 4.28. The number of aromatic nitrogens is 1. The lowest BCUT2D eigenvalue weighted by molar-refractivity contribution is 0.0599. The number of carbonyl (C=O) groups is 2. The third-order valence-electron chi connectivity index (χ3n) is 2.88. The van der Waals surface area contributed by atoms with Crippen LogP contribution in [-0.4, -0.2) is 24.0 Å². The molecule has 108 valence electrons. The minimum Gasteiger partial charge on any atom is -0.465 e. The van der Waals surface area contributed by atoms with E-state index in [1.807, 2.05) is 0 Å². The predicted octanol–water partition coefficient (Wildman–Crippen LogP) is 3.19.